The van der Waals surface area contributed by atoms with Gasteiger partial charge < -0.3 is 4.90 Å². The van der Waals surface area contributed by atoms with Gasteiger partial charge in [0.2, 0.25) is 0 Å². The third-order valence-electron chi connectivity index (χ3n) is 4.71. The SMILES string of the molecule is C=C(C)CCC1=C(C)c2ccc(N(CC)CC)cc2CC1=C. The Morgan fingerprint density at radius 2 is 1.91 bits per heavy atom. The quantitative estimate of drug-likeness (QED) is 0.602. The maximum Gasteiger partial charge on any atom is 0.0369 e. The van der Waals surface area contributed by atoms with E-state index in [9.17, 15) is 0 Å². The summed E-state index contributed by atoms with van der Waals surface area (Å²) < 4.78 is 0. The Hall–Kier alpha value is -1.76. The molecule has 0 aromatic heterocycles. The van der Waals surface area contributed by atoms with Gasteiger partial charge in [-0.2, -0.15) is 0 Å². The van der Waals surface area contributed by atoms with E-state index in [1.54, 1.807) is 0 Å². The molecule has 0 unspecified atom stereocenters. The van der Waals surface area contributed by atoms with Gasteiger partial charge in [-0.1, -0.05) is 18.2 Å². The van der Waals surface area contributed by atoms with Crippen LogP contribution in [0.3, 0.4) is 0 Å². The minimum Gasteiger partial charge on any atom is -0.372 e. The molecule has 1 aromatic rings. The minimum atomic E-state index is 0.979. The molecule has 22 heavy (non-hydrogen) atoms. The first-order chi connectivity index (χ1) is 10.5. The van der Waals surface area contributed by atoms with E-state index < -0.39 is 0 Å². The minimum absolute atomic E-state index is 0.979. The number of allylic oxidation sites excluding steroid dienone is 4. The fourth-order valence-electron chi connectivity index (χ4n) is 3.34. The van der Waals surface area contributed by atoms with Gasteiger partial charge in [0.25, 0.3) is 0 Å². The summed E-state index contributed by atoms with van der Waals surface area (Å²) >= 11 is 0. The zero-order valence-electron chi connectivity index (χ0n) is 14.6. The lowest BCUT2D eigenvalue weighted by atomic mass is 9.81. The Morgan fingerprint density at radius 3 is 2.50 bits per heavy atom. The molecule has 2 rings (SSSR count). The Bertz CT molecular complexity index is 615. The Kier molecular flexibility index (Phi) is 5.28. The highest BCUT2D eigenvalue weighted by molar-refractivity contribution is 5.78. The van der Waals surface area contributed by atoms with Crippen molar-refractivity contribution >= 4 is 11.3 Å². The van der Waals surface area contributed by atoms with Gasteiger partial charge in [0.1, 0.15) is 0 Å². The number of nitrogens with zero attached hydrogens (tertiary/aromatic N) is 1. The Morgan fingerprint density at radius 1 is 1.23 bits per heavy atom. The molecule has 0 fully saturated rings. The van der Waals surface area contributed by atoms with E-state index in [0.717, 1.165) is 32.4 Å². The number of fused-ring (bicyclic) bond motifs is 1. The van der Waals surface area contributed by atoms with Gasteiger partial charge in [0.05, 0.1) is 0 Å². The van der Waals surface area contributed by atoms with Crippen LogP contribution in [0.1, 0.15) is 51.7 Å². The summed E-state index contributed by atoms with van der Waals surface area (Å²) in [7, 11) is 0. The van der Waals surface area contributed by atoms with Gasteiger partial charge in [-0.15, -0.1) is 6.58 Å². The molecule has 1 nitrogen and oxygen atoms in total. The zero-order valence-corrected chi connectivity index (χ0v) is 14.6. The molecule has 0 saturated carbocycles. The zero-order chi connectivity index (χ0) is 16.3. The molecule has 118 valence electrons. The topological polar surface area (TPSA) is 3.24 Å². The van der Waals surface area contributed by atoms with Crippen LogP contribution in [0, 0.1) is 0 Å². The molecular formula is C21H29N. The normalized spacial score (nSPS) is 14.1. The van der Waals surface area contributed by atoms with E-state index in [4.69, 9.17) is 0 Å². The van der Waals surface area contributed by atoms with Crippen molar-refractivity contribution in [3.63, 3.8) is 0 Å². The largest absolute Gasteiger partial charge is 0.372 e. The highest BCUT2D eigenvalue weighted by atomic mass is 15.1. The van der Waals surface area contributed by atoms with Crippen LogP contribution in [-0.2, 0) is 6.42 Å². The maximum absolute atomic E-state index is 4.34. The van der Waals surface area contributed by atoms with Crippen LogP contribution in [0.4, 0.5) is 5.69 Å². The summed E-state index contributed by atoms with van der Waals surface area (Å²) in [5, 5.41) is 0. The average Bonchev–Trinajstić information content (AvgIpc) is 2.47. The summed E-state index contributed by atoms with van der Waals surface area (Å²) in [6.07, 6.45) is 3.10. The first kappa shape index (κ1) is 16.6. The van der Waals surface area contributed by atoms with E-state index in [2.05, 4.69) is 64.0 Å². The summed E-state index contributed by atoms with van der Waals surface area (Å²) in [6, 6.07) is 6.91. The smallest absolute Gasteiger partial charge is 0.0369 e. The van der Waals surface area contributed by atoms with Crippen molar-refractivity contribution in [1.29, 1.82) is 0 Å². The molecule has 0 heterocycles. The second-order valence-electron chi connectivity index (χ2n) is 6.35. The van der Waals surface area contributed by atoms with Crippen LogP contribution < -0.4 is 4.90 Å². The van der Waals surface area contributed by atoms with Gasteiger partial charge in [-0.25, -0.2) is 0 Å². The summed E-state index contributed by atoms with van der Waals surface area (Å²) in [5.41, 5.74) is 9.52. The molecule has 0 N–H and O–H groups in total. The van der Waals surface area contributed by atoms with Crippen molar-refractivity contribution in [1.82, 2.24) is 0 Å². The van der Waals surface area contributed by atoms with Crippen LogP contribution in [0.5, 0.6) is 0 Å². The molecule has 0 saturated heterocycles. The molecule has 0 aliphatic heterocycles. The van der Waals surface area contributed by atoms with Crippen molar-refractivity contribution in [3.8, 4) is 0 Å². The van der Waals surface area contributed by atoms with Crippen LogP contribution in [0.15, 0.2) is 48.1 Å². The van der Waals surface area contributed by atoms with Crippen LogP contribution in [-0.4, -0.2) is 13.1 Å². The van der Waals surface area contributed by atoms with Crippen LogP contribution >= 0.6 is 0 Å². The Labute approximate surface area is 136 Å². The van der Waals surface area contributed by atoms with Gasteiger partial charge >= 0.3 is 0 Å². The molecule has 1 aromatic carbocycles. The molecule has 0 atom stereocenters. The molecule has 1 aliphatic rings. The average molecular weight is 295 g/mol. The number of anilines is 1. The predicted molar refractivity (Wildman–Crippen MR) is 99.5 cm³/mol. The van der Waals surface area contributed by atoms with E-state index in [-0.39, 0.29) is 0 Å². The fourth-order valence-corrected chi connectivity index (χ4v) is 3.34. The monoisotopic (exact) mass is 295 g/mol. The highest BCUT2D eigenvalue weighted by Crippen LogP contribution is 2.37. The van der Waals surface area contributed by atoms with E-state index in [0.29, 0.717) is 0 Å². The Balaban J connectivity index is 2.37. The van der Waals surface area contributed by atoms with Gasteiger partial charge in [-0.3, -0.25) is 0 Å². The standard InChI is InChI=1S/C21H29N/c1-7-22(8-2)19-10-12-21-17(6)20(11-9-15(3)4)16(5)13-18(21)14-19/h10,12,14H,3,5,7-9,11,13H2,1-2,4,6H3. The van der Waals surface area contributed by atoms with E-state index >= 15 is 0 Å². The lowest BCUT2D eigenvalue weighted by Gasteiger charge is -2.27. The predicted octanol–water partition coefficient (Wildman–Crippen LogP) is 5.77. The number of benzene rings is 1. The lowest BCUT2D eigenvalue weighted by Crippen LogP contribution is -2.22. The summed E-state index contributed by atoms with van der Waals surface area (Å²) in [5.74, 6) is 0. The second kappa shape index (κ2) is 7.00. The fraction of sp³-hybridized carbons (Fsp3) is 0.429. The van der Waals surface area contributed by atoms with Crippen LogP contribution in [0.25, 0.3) is 5.57 Å². The number of hydrogen-bond donors (Lipinski definition) is 0. The lowest BCUT2D eigenvalue weighted by molar-refractivity contribution is 0.863. The molecule has 1 aliphatic carbocycles. The van der Waals surface area contributed by atoms with Crippen molar-refractivity contribution < 1.29 is 0 Å². The third kappa shape index (κ3) is 3.35. The maximum atomic E-state index is 4.34. The van der Waals surface area contributed by atoms with Crippen molar-refractivity contribution in [2.45, 2.75) is 47.0 Å². The number of hydrogen-bond acceptors (Lipinski definition) is 1. The molecule has 0 radical (unpaired) electrons. The van der Waals surface area contributed by atoms with Gasteiger partial charge in [0.15, 0.2) is 0 Å². The van der Waals surface area contributed by atoms with Crippen molar-refractivity contribution in [2.75, 3.05) is 18.0 Å². The summed E-state index contributed by atoms with van der Waals surface area (Å²) in [4.78, 5) is 2.40. The van der Waals surface area contributed by atoms with E-state index in [1.807, 2.05) is 0 Å². The van der Waals surface area contributed by atoms with Gasteiger partial charge in [-0.05, 0) is 86.9 Å². The highest BCUT2D eigenvalue weighted by Gasteiger charge is 2.19. The molecule has 1 heteroatoms. The van der Waals surface area contributed by atoms with Crippen molar-refractivity contribution in [3.05, 3.63) is 59.2 Å². The second-order valence-corrected chi connectivity index (χ2v) is 6.35. The van der Waals surface area contributed by atoms with Gasteiger partial charge in [0, 0.05) is 18.8 Å². The van der Waals surface area contributed by atoms with Crippen molar-refractivity contribution in [2.24, 2.45) is 0 Å². The molecule has 0 bridgehead atoms. The third-order valence-corrected chi connectivity index (χ3v) is 4.71. The molecule has 0 amide bonds. The molecular weight excluding hydrogens is 266 g/mol. The van der Waals surface area contributed by atoms with Crippen LogP contribution in [0.2, 0.25) is 0 Å². The first-order valence-corrected chi connectivity index (χ1v) is 8.38. The summed E-state index contributed by atoms with van der Waals surface area (Å²) in [6.45, 7) is 19.2. The molecule has 0 spiro atoms. The number of rotatable bonds is 6. The first-order valence-electron chi connectivity index (χ1n) is 8.38. The van der Waals surface area contributed by atoms with E-state index in [1.165, 1.54) is 39.1 Å².